The normalized spacial score (nSPS) is 10.3. The fourth-order valence-corrected chi connectivity index (χ4v) is 2.13. The summed E-state index contributed by atoms with van der Waals surface area (Å²) in [5.41, 5.74) is 1.96. The predicted molar refractivity (Wildman–Crippen MR) is 89.5 cm³/mol. The Hall–Kier alpha value is -2.08. The van der Waals surface area contributed by atoms with Gasteiger partial charge in [0, 0.05) is 12.3 Å². The molecule has 0 aromatic heterocycles. The van der Waals surface area contributed by atoms with Gasteiger partial charge in [0.25, 0.3) is 0 Å². The maximum absolute atomic E-state index is 12.0. The zero-order valence-electron chi connectivity index (χ0n) is 13.8. The van der Waals surface area contributed by atoms with Crippen LogP contribution in [-0.2, 0) is 36.2 Å². The van der Waals surface area contributed by atoms with Crippen LogP contribution in [0, 0.1) is 0 Å². The smallest absolute Gasteiger partial charge is 0.340 e. The first kappa shape index (κ1) is 20.0. The molecule has 6 nitrogen and oxygen atoms in total. The molecule has 0 fully saturated rings. The van der Waals surface area contributed by atoms with Crippen LogP contribution in [0.25, 0.3) is 0 Å². The first-order valence-corrected chi connectivity index (χ1v) is 8.31. The van der Waals surface area contributed by atoms with E-state index >= 15 is 0 Å². The molecule has 24 heavy (non-hydrogen) atoms. The lowest BCUT2D eigenvalue weighted by Gasteiger charge is -2.15. The van der Waals surface area contributed by atoms with Crippen molar-refractivity contribution < 1.29 is 23.9 Å². The standard InChI is InChI=1S/C17H22ClNO5/c1-3-23-16(21)15(17(22)24-4-2)19-14(20)10-9-12-5-7-13(11-18)8-6-12/h5-8,15H,3-4,9-11H2,1-2H3,(H,19,20). The number of hydrogen-bond acceptors (Lipinski definition) is 5. The molecule has 0 unspecified atom stereocenters. The van der Waals surface area contributed by atoms with Crippen molar-refractivity contribution in [1.29, 1.82) is 0 Å². The van der Waals surface area contributed by atoms with Crippen LogP contribution < -0.4 is 5.32 Å². The van der Waals surface area contributed by atoms with Gasteiger partial charge in [-0.05, 0) is 31.4 Å². The van der Waals surface area contributed by atoms with E-state index in [-0.39, 0.29) is 19.6 Å². The molecule has 7 heteroatoms. The van der Waals surface area contributed by atoms with E-state index in [0.29, 0.717) is 12.3 Å². The SMILES string of the molecule is CCOC(=O)C(NC(=O)CCc1ccc(CCl)cc1)C(=O)OCC. The Morgan fingerprint density at radius 1 is 1.00 bits per heavy atom. The van der Waals surface area contributed by atoms with Crippen LogP contribution in [0.5, 0.6) is 0 Å². The van der Waals surface area contributed by atoms with E-state index in [1.54, 1.807) is 13.8 Å². The Labute approximate surface area is 146 Å². The number of ether oxygens (including phenoxy) is 2. The van der Waals surface area contributed by atoms with Crippen LogP contribution in [0.15, 0.2) is 24.3 Å². The van der Waals surface area contributed by atoms with Gasteiger partial charge in [0.15, 0.2) is 0 Å². The number of hydrogen-bond donors (Lipinski definition) is 1. The highest BCUT2D eigenvalue weighted by molar-refractivity contribution is 6.17. The largest absolute Gasteiger partial charge is 0.464 e. The second-order valence-corrected chi connectivity index (χ2v) is 5.22. The lowest BCUT2D eigenvalue weighted by molar-refractivity contribution is -0.159. The first-order valence-electron chi connectivity index (χ1n) is 7.78. The second kappa shape index (κ2) is 10.6. The van der Waals surface area contributed by atoms with Gasteiger partial charge >= 0.3 is 11.9 Å². The number of aryl methyl sites for hydroxylation is 1. The molecule has 0 saturated heterocycles. The molecule has 0 aliphatic carbocycles. The minimum absolute atomic E-state index is 0.109. The summed E-state index contributed by atoms with van der Waals surface area (Å²) in [5.74, 6) is -1.64. The second-order valence-electron chi connectivity index (χ2n) is 4.95. The predicted octanol–water partition coefficient (Wildman–Crippen LogP) is 1.97. The van der Waals surface area contributed by atoms with Gasteiger partial charge in [-0.15, -0.1) is 11.6 Å². The minimum Gasteiger partial charge on any atom is -0.464 e. The van der Waals surface area contributed by atoms with Crippen molar-refractivity contribution >= 4 is 29.4 Å². The van der Waals surface area contributed by atoms with Gasteiger partial charge in [-0.2, -0.15) is 0 Å². The van der Waals surface area contributed by atoms with Gasteiger partial charge in [-0.25, -0.2) is 9.59 Å². The summed E-state index contributed by atoms with van der Waals surface area (Å²) >= 11 is 5.72. The van der Waals surface area contributed by atoms with Crippen molar-refractivity contribution in [2.45, 2.75) is 38.6 Å². The van der Waals surface area contributed by atoms with Crippen LogP contribution >= 0.6 is 11.6 Å². The monoisotopic (exact) mass is 355 g/mol. The van der Waals surface area contributed by atoms with Gasteiger partial charge in [0.1, 0.15) is 0 Å². The Morgan fingerprint density at radius 2 is 1.50 bits per heavy atom. The van der Waals surface area contributed by atoms with Gasteiger partial charge in [0.05, 0.1) is 13.2 Å². The van der Waals surface area contributed by atoms with E-state index in [4.69, 9.17) is 21.1 Å². The van der Waals surface area contributed by atoms with E-state index in [1.165, 1.54) is 0 Å². The zero-order chi connectivity index (χ0) is 17.9. The summed E-state index contributed by atoms with van der Waals surface area (Å²) in [6.07, 6.45) is 0.613. The number of carbonyl (C=O) groups excluding carboxylic acids is 3. The molecule has 0 heterocycles. The van der Waals surface area contributed by atoms with E-state index in [2.05, 4.69) is 5.32 Å². The van der Waals surface area contributed by atoms with E-state index < -0.39 is 23.9 Å². The molecule has 0 aliphatic heterocycles. The average molecular weight is 356 g/mol. The molecule has 0 radical (unpaired) electrons. The summed E-state index contributed by atoms with van der Waals surface area (Å²) in [6, 6.07) is 6.12. The molecule has 0 aliphatic rings. The highest BCUT2D eigenvalue weighted by atomic mass is 35.5. The van der Waals surface area contributed by atoms with E-state index in [1.807, 2.05) is 24.3 Å². The Balaban J connectivity index is 2.59. The molecule has 1 aromatic rings. The molecule has 132 valence electrons. The summed E-state index contributed by atoms with van der Waals surface area (Å²) < 4.78 is 9.59. The third kappa shape index (κ3) is 6.58. The minimum atomic E-state index is -1.43. The van der Waals surface area contributed by atoms with Gasteiger partial charge in [-0.3, -0.25) is 4.79 Å². The molecular formula is C17H22ClNO5. The third-order valence-electron chi connectivity index (χ3n) is 3.17. The van der Waals surface area contributed by atoms with Crippen LogP contribution in [0.2, 0.25) is 0 Å². The zero-order valence-corrected chi connectivity index (χ0v) is 14.6. The average Bonchev–Trinajstić information content (AvgIpc) is 2.58. The maximum atomic E-state index is 12.0. The highest BCUT2D eigenvalue weighted by Crippen LogP contribution is 2.09. The number of benzene rings is 1. The van der Waals surface area contributed by atoms with Crippen LogP contribution in [0.3, 0.4) is 0 Å². The van der Waals surface area contributed by atoms with Crippen molar-refractivity contribution in [2.75, 3.05) is 13.2 Å². The maximum Gasteiger partial charge on any atom is 0.340 e. The molecule has 1 N–H and O–H groups in total. The highest BCUT2D eigenvalue weighted by Gasteiger charge is 2.30. The number of alkyl halides is 1. The van der Waals surface area contributed by atoms with E-state index in [9.17, 15) is 14.4 Å². The topological polar surface area (TPSA) is 81.7 Å². The molecule has 0 saturated carbocycles. The summed E-state index contributed by atoms with van der Waals surface area (Å²) in [6.45, 7) is 3.45. The molecule has 0 bridgehead atoms. The molecule has 1 aromatic carbocycles. The lowest BCUT2D eigenvalue weighted by atomic mass is 10.1. The molecule has 0 spiro atoms. The molecule has 1 amide bonds. The van der Waals surface area contributed by atoms with Crippen LogP contribution in [0.1, 0.15) is 31.4 Å². The quantitative estimate of drug-likeness (QED) is 0.416. The Kier molecular flexibility index (Phi) is 8.86. The number of nitrogens with one attached hydrogen (secondary N) is 1. The molecule has 0 atom stereocenters. The fourth-order valence-electron chi connectivity index (χ4n) is 1.95. The van der Waals surface area contributed by atoms with Crippen LogP contribution in [0.4, 0.5) is 0 Å². The van der Waals surface area contributed by atoms with Crippen molar-refractivity contribution in [3.8, 4) is 0 Å². The van der Waals surface area contributed by atoms with E-state index in [0.717, 1.165) is 11.1 Å². The number of rotatable bonds is 9. The summed E-state index contributed by atoms with van der Waals surface area (Å²) in [4.78, 5) is 35.6. The summed E-state index contributed by atoms with van der Waals surface area (Å²) in [5, 5.41) is 2.37. The van der Waals surface area contributed by atoms with Gasteiger partial charge in [-0.1, -0.05) is 24.3 Å². The fraction of sp³-hybridized carbons (Fsp3) is 0.471. The first-order chi connectivity index (χ1) is 11.5. The van der Waals surface area contributed by atoms with Crippen molar-refractivity contribution in [3.05, 3.63) is 35.4 Å². The Bertz CT molecular complexity index is 541. The number of carbonyl (C=O) groups is 3. The Morgan fingerprint density at radius 3 is 1.96 bits per heavy atom. The van der Waals surface area contributed by atoms with Crippen molar-refractivity contribution in [1.82, 2.24) is 5.32 Å². The lowest BCUT2D eigenvalue weighted by Crippen LogP contribution is -2.48. The molecule has 1 rings (SSSR count). The molecular weight excluding hydrogens is 334 g/mol. The number of esters is 2. The number of halogens is 1. The number of amides is 1. The van der Waals surface area contributed by atoms with Gasteiger partial charge < -0.3 is 14.8 Å². The van der Waals surface area contributed by atoms with Crippen molar-refractivity contribution in [2.24, 2.45) is 0 Å². The summed E-state index contributed by atoms with van der Waals surface area (Å²) in [7, 11) is 0. The van der Waals surface area contributed by atoms with Crippen LogP contribution in [-0.4, -0.2) is 37.1 Å². The van der Waals surface area contributed by atoms with Gasteiger partial charge in [0.2, 0.25) is 11.9 Å². The van der Waals surface area contributed by atoms with Crippen molar-refractivity contribution in [3.63, 3.8) is 0 Å². The third-order valence-corrected chi connectivity index (χ3v) is 3.48.